The van der Waals surface area contributed by atoms with Gasteiger partial charge in [0.15, 0.2) is 0 Å². The standard InChI is InChI=1S/C17H20N2O3/c1-12-5-4-9-18(11-12)15(20)8-10-19-16(21)13-6-2-3-7-14(13)17(19)22/h2-3,6-7,12H,4-5,8-11H2,1H3/t12-/m0/s1. The third-order valence-electron chi connectivity index (χ3n) is 4.44. The van der Waals surface area contributed by atoms with Crippen molar-refractivity contribution >= 4 is 17.7 Å². The van der Waals surface area contributed by atoms with E-state index < -0.39 is 0 Å². The highest BCUT2D eigenvalue weighted by Crippen LogP contribution is 2.23. The van der Waals surface area contributed by atoms with Crippen molar-refractivity contribution in [2.24, 2.45) is 5.92 Å². The molecule has 2 aliphatic heterocycles. The average molecular weight is 300 g/mol. The van der Waals surface area contributed by atoms with E-state index in [4.69, 9.17) is 0 Å². The van der Waals surface area contributed by atoms with Gasteiger partial charge >= 0.3 is 0 Å². The van der Waals surface area contributed by atoms with Crippen molar-refractivity contribution in [1.82, 2.24) is 9.80 Å². The molecule has 116 valence electrons. The lowest BCUT2D eigenvalue weighted by atomic mass is 10.00. The van der Waals surface area contributed by atoms with Gasteiger partial charge in [0.2, 0.25) is 5.91 Å². The summed E-state index contributed by atoms with van der Waals surface area (Å²) in [5, 5.41) is 0. The number of hydrogen-bond donors (Lipinski definition) is 0. The highest BCUT2D eigenvalue weighted by Gasteiger charge is 2.35. The fourth-order valence-corrected chi connectivity index (χ4v) is 3.22. The maximum Gasteiger partial charge on any atom is 0.261 e. The zero-order chi connectivity index (χ0) is 15.7. The Morgan fingerprint density at radius 3 is 2.41 bits per heavy atom. The molecule has 1 aromatic carbocycles. The van der Waals surface area contributed by atoms with Crippen LogP contribution in [-0.2, 0) is 4.79 Å². The maximum absolute atomic E-state index is 12.3. The van der Waals surface area contributed by atoms with Gasteiger partial charge in [-0.1, -0.05) is 19.1 Å². The first kappa shape index (κ1) is 14.8. The lowest BCUT2D eigenvalue weighted by Gasteiger charge is -2.31. The van der Waals surface area contributed by atoms with E-state index in [0.29, 0.717) is 17.0 Å². The van der Waals surface area contributed by atoms with Crippen LogP contribution in [0.2, 0.25) is 0 Å². The van der Waals surface area contributed by atoms with Crippen LogP contribution in [0.1, 0.15) is 46.9 Å². The highest BCUT2D eigenvalue weighted by molar-refractivity contribution is 6.21. The van der Waals surface area contributed by atoms with E-state index in [0.717, 1.165) is 25.9 Å². The Bertz CT molecular complexity index is 591. The summed E-state index contributed by atoms with van der Waals surface area (Å²) in [6.07, 6.45) is 2.39. The number of hydrogen-bond acceptors (Lipinski definition) is 3. The van der Waals surface area contributed by atoms with Crippen LogP contribution in [0.4, 0.5) is 0 Å². The quantitative estimate of drug-likeness (QED) is 0.802. The highest BCUT2D eigenvalue weighted by atomic mass is 16.2. The lowest BCUT2D eigenvalue weighted by molar-refractivity contribution is -0.132. The van der Waals surface area contributed by atoms with Crippen molar-refractivity contribution < 1.29 is 14.4 Å². The smallest absolute Gasteiger partial charge is 0.261 e. The van der Waals surface area contributed by atoms with Crippen molar-refractivity contribution in [2.45, 2.75) is 26.2 Å². The van der Waals surface area contributed by atoms with Crippen LogP contribution >= 0.6 is 0 Å². The molecule has 0 radical (unpaired) electrons. The second kappa shape index (κ2) is 5.91. The van der Waals surface area contributed by atoms with E-state index in [-0.39, 0.29) is 30.7 Å². The molecular weight excluding hydrogens is 280 g/mol. The summed E-state index contributed by atoms with van der Waals surface area (Å²) in [4.78, 5) is 39.8. The van der Waals surface area contributed by atoms with Crippen LogP contribution in [0.3, 0.4) is 0 Å². The van der Waals surface area contributed by atoms with Crippen LogP contribution in [0.15, 0.2) is 24.3 Å². The number of likely N-dealkylation sites (tertiary alicyclic amines) is 1. The Morgan fingerprint density at radius 2 is 1.82 bits per heavy atom. The first-order valence-corrected chi connectivity index (χ1v) is 7.81. The van der Waals surface area contributed by atoms with E-state index >= 15 is 0 Å². The number of carbonyl (C=O) groups excluding carboxylic acids is 3. The Hall–Kier alpha value is -2.17. The topological polar surface area (TPSA) is 57.7 Å². The number of benzene rings is 1. The van der Waals surface area contributed by atoms with Crippen LogP contribution in [-0.4, -0.2) is 47.2 Å². The van der Waals surface area contributed by atoms with E-state index in [9.17, 15) is 14.4 Å². The van der Waals surface area contributed by atoms with Gasteiger partial charge in [-0.2, -0.15) is 0 Å². The molecule has 1 saturated heterocycles. The zero-order valence-electron chi connectivity index (χ0n) is 12.7. The third-order valence-corrected chi connectivity index (χ3v) is 4.44. The molecular formula is C17H20N2O3. The molecule has 1 fully saturated rings. The Balaban J connectivity index is 1.62. The predicted octanol–water partition coefficient (Wildman–Crippen LogP) is 1.93. The van der Waals surface area contributed by atoms with Crippen LogP contribution in [0.5, 0.6) is 0 Å². The molecule has 3 rings (SSSR count). The number of imide groups is 1. The van der Waals surface area contributed by atoms with E-state index in [1.165, 1.54) is 4.90 Å². The fourth-order valence-electron chi connectivity index (χ4n) is 3.22. The van der Waals surface area contributed by atoms with E-state index in [2.05, 4.69) is 6.92 Å². The Labute approximate surface area is 129 Å². The normalized spacial score (nSPS) is 21.2. The molecule has 0 spiro atoms. The molecule has 0 saturated carbocycles. The van der Waals surface area contributed by atoms with E-state index in [1.807, 2.05) is 4.90 Å². The first-order valence-electron chi connectivity index (χ1n) is 7.81. The van der Waals surface area contributed by atoms with Gasteiger partial charge in [-0.05, 0) is 30.9 Å². The number of rotatable bonds is 3. The van der Waals surface area contributed by atoms with Gasteiger partial charge < -0.3 is 4.90 Å². The van der Waals surface area contributed by atoms with Gasteiger partial charge in [0.05, 0.1) is 11.1 Å². The molecule has 0 bridgehead atoms. The molecule has 1 atom stereocenters. The van der Waals surface area contributed by atoms with Crippen molar-refractivity contribution in [3.8, 4) is 0 Å². The zero-order valence-corrected chi connectivity index (χ0v) is 12.7. The fraction of sp³-hybridized carbons (Fsp3) is 0.471. The van der Waals surface area contributed by atoms with E-state index in [1.54, 1.807) is 24.3 Å². The van der Waals surface area contributed by atoms with Gasteiger partial charge in [0.1, 0.15) is 0 Å². The molecule has 0 aliphatic carbocycles. The minimum atomic E-state index is -0.291. The van der Waals surface area contributed by atoms with Crippen LogP contribution in [0, 0.1) is 5.92 Å². The molecule has 2 aliphatic rings. The van der Waals surface area contributed by atoms with Gasteiger partial charge in [0, 0.05) is 26.1 Å². The number of piperidine rings is 1. The molecule has 22 heavy (non-hydrogen) atoms. The number of carbonyl (C=O) groups is 3. The summed E-state index contributed by atoms with van der Waals surface area (Å²) >= 11 is 0. The number of fused-ring (bicyclic) bond motifs is 1. The van der Waals surface area contributed by atoms with Gasteiger partial charge in [-0.3, -0.25) is 19.3 Å². The Kier molecular flexibility index (Phi) is 3.96. The SMILES string of the molecule is C[C@H]1CCCN(C(=O)CCN2C(=O)c3ccccc3C2=O)C1. The van der Waals surface area contributed by atoms with Crippen molar-refractivity contribution in [3.63, 3.8) is 0 Å². The molecule has 5 heteroatoms. The van der Waals surface area contributed by atoms with Crippen molar-refractivity contribution in [1.29, 1.82) is 0 Å². The summed E-state index contributed by atoms with van der Waals surface area (Å²) in [5.41, 5.74) is 0.873. The number of nitrogens with zero attached hydrogens (tertiary/aromatic N) is 2. The predicted molar refractivity (Wildman–Crippen MR) is 81.4 cm³/mol. The van der Waals surface area contributed by atoms with Gasteiger partial charge in [-0.15, -0.1) is 0 Å². The van der Waals surface area contributed by atoms with Crippen molar-refractivity contribution in [3.05, 3.63) is 35.4 Å². The summed E-state index contributed by atoms with van der Waals surface area (Å²) in [6.45, 7) is 3.87. The monoisotopic (exact) mass is 300 g/mol. The summed E-state index contributed by atoms with van der Waals surface area (Å²) in [7, 11) is 0. The van der Waals surface area contributed by atoms with Crippen LogP contribution in [0.25, 0.3) is 0 Å². The molecule has 2 heterocycles. The van der Waals surface area contributed by atoms with Gasteiger partial charge in [-0.25, -0.2) is 0 Å². The second-order valence-corrected chi connectivity index (χ2v) is 6.14. The largest absolute Gasteiger partial charge is 0.342 e. The van der Waals surface area contributed by atoms with Crippen molar-refractivity contribution in [2.75, 3.05) is 19.6 Å². The minimum Gasteiger partial charge on any atom is -0.342 e. The first-order chi connectivity index (χ1) is 10.6. The Morgan fingerprint density at radius 1 is 1.18 bits per heavy atom. The molecule has 0 N–H and O–H groups in total. The van der Waals surface area contributed by atoms with Gasteiger partial charge in [0.25, 0.3) is 11.8 Å². The average Bonchev–Trinajstić information content (AvgIpc) is 2.77. The molecule has 1 aromatic rings. The summed E-state index contributed by atoms with van der Waals surface area (Å²) in [6, 6.07) is 6.80. The second-order valence-electron chi connectivity index (χ2n) is 6.14. The lowest BCUT2D eigenvalue weighted by Crippen LogP contribution is -2.41. The minimum absolute atomic E-state index is 0.0307. The molecule has 0 aromatic heterocycles. The number of amides is 3. The maximum atomic E-state index is 12.3. The molecule has 5 nitrogen and oxygen atoms in total. The summed E-state index contributed by atoms with van der Waals surface area (Å²) in [5.74, 6) is -0.0269. The molecule has 0 unspecified atom stereocenters. The third kappa shape index (κ3) is 2.63. The van der Waals surface area contributed by atoms with Crippen LogP contribution < -0.4 is 0 Å². The molecule has 3 amide bonds. The summed E-state index contributed by atoms with van der Waals surface area (Å²) < 4.78 is 0.